The van der Waals surface area contributed by atoms with Crippen molar-refractivity contribution in [3.8, 4) is 0 Å². The van der Waals surface area contributed by atoms with Crippen molar-refractivity contribution >= 4 is 17.6 Å². The van der Waals surface area contributed by atoms with Gasteiger partial charge in [0.1, 0.15) is 24.1 Å². The first kappa shape index (κ1) is 18.6. The summed E-state index contributed by atoms with van der Waals surface area (Å²) < 4.78 is 18.6. The van der Waals surface area contributed by atoms with E-state index in [0.717, 1.165) is 12.8 Å². The van der Waals surface area contributed by atoms with E-state index < -0.39 is 36.3 Å². The number of hydrogen-bond acceptors (Lipinski definition) is 5. The number of carbonyl (C=O) groups excluding carboxylic acids is 2. The van der Waals surface area contributed by atoms with Gasteiger partial charge >= 0.3 is 6.03 Å². The highest BCUT2D eigenvalue weighted by Crippen LogP contribution is 2.24. The molecule has 1 saturated carbocycles. The van der Waals surface area contributed by atoms with Crippen LogP contribution in [0.15, 0.2) is 24.3 Å². The SMILES string of the molecule is O=C(CC1OC(CNC(=O)Nc2cccc(F)c2)C(O)C1O)NC1CC1. The highest BCUT2D eigenvalue weighted by molar-refractivity contribution is 5.89. The molecule has 26 heavy (non-hydrogen) atoms. The van der Waals surface area contributed by atoms with Crippen LogP contribution < -0.4 is 16.0 Å². The second-order valence-corrected chi connectivity index (χ2v) is 6.59. The number of benzene rings is 1. The molecule has 0 spiro atoms. The standard InChI is InChI=1S/C17H22FN3O5/c18-9-2-1-3-11(6-9)21-17(25)19-8-13-16(24)15(23)12(26-13)7-14(22)20-10-4-5-10/h1-3,6,10,12-13,15-16,23-24H,4-5,7-8H2,(H,20,22)(H2,19,21,25). The Bertz CT molecular complexity index is 670. The van der Waals surface area contributed by atoms with Gasteiger partial charge in [0.05, 0.1) is 12.5 Å². The number of ether oxygens (including phenoxy) is 1. The van der Waals surface area contributed by atoms with E-state index in [0.29, 0.717) is 0 Å². The monoisotopic (exact) mass is 367 g/mol. The van der Waals surface area contributed by atoms with Gasteiger partial charge in [0, 0.05) is 18.3 Å². The van der Waals surface area contributed by atoms with Crippen LogP contribution in [0.2, 0.25) is 0 Å². The fourth-order valence-electron chi connectivity index (χ4n) is 2.79. The minimum absolute atomic E-state index is 0.0548. The zero-order valence-electron chi connectivity index (χ0n) is 14.0. The fraction of sp³-hybridized carbons (Fsp3) is 0.529. The van der Waals surface area contributed by atoms with E-state index in [1.54, 1.807) is 0 Å². The normalized spacial score (nSPS) is 27.8. The first-order valence-electron chi connectivity index (χ1n) is 8.54. The molecule has 1 aliphatic heterocycles. The molecule has 2 aliphatic rings. The minimum Gasteiger partial charge on any atom is -0.388 e. The molecule has 1 aromatic rings. The minimum atomic E-state index is -1.22. The first-order valence-corrected chi connectivity index (χ1v) is 8.54. The highest BCUT2D eigenvalue weighted by atomic mass is 19.1. The number of rotatable bonds is 6. The quantitative estimate of drug-likeness (QED) is 0.489. The van der Waals surface area contributed by atoms with E-state index >= 15 is 0 Å². The molecule has 4 unspecified atom stereocenters. The molecule has 1 saturated heterocycles. The van der Waals surface area contributed by atoms with Crippen molar-refractivity contribution in [2.75, 3.05) is 11.9 Å². The summed E-state index contributed by atoms with van der Waals surface area (Å²) in [4.78, 5) is 23.7. The maximum atomic E-state index is 13.1. The highest BCUT2D eigenvalue weighted by Gasteiger charge is 2.43. The van der Waals surface area contributed by atoms with Gasteiger partial charge in [-0.3, -0.25) is 4.79 Å². The molecule has 5 N–H and O–H groups in total. The van der Waals surface area contributed by atoms with E-state index in [4.69, 9.17) is 4.74 Å². The predicted octanol–water partition coefficient (Wildman–Crippen LogP) is 0.105. The molecule has 3 amide bonds. The summed E-state index contributed by atoms with van der Waals surface area (Å²) in [5, 5.41) is 27.8. The van der Waals surface area contributed by atoms with Crippen molar-refractivity contribution in [1.82, 2.24) is 10.6 Å². The maximum Gasteiger partial charge on any atom is 0.319 e. The van der Waals surface area contributed by atoms with Gasteiger partial charge in [-0.1, -0.05) is 6.07 Å². The molecular weight excluding hydrogens is 345 g/mol. The zero-order valence-corrected chi connectivity index (χ0v) is 14.0. The van der Waals surface area contributed by atoms with Crippen LogP contribution in [0.25, 0.3) is 0 Å². The topological polar surface area (TPSA) is 120 Å². The molecule has 0 aromatic heterocycles. The molecule has 142 valence electrons. The van der Waals surface area contributed by atoms with Gasteiger partial charge in [0.2, 0.25) is 5.91 Å². The van der Waals surface area contributed by atoms with Crippen molar-refractivity contribution in [3.05, 3.63) is 30.1 Å². The number of halogens is 1. The molecule has 1 aliphatic carbocycles. The van der Waals surface area contributed by atoms with Crippen LogP contribution in [0.4, 0.5) is 14.9 Å². The Balaban J connectivity index is 1.45. The third-order valence-corrected chi connectivity index (χ3v) is 4.34. The number of hydrogen-bond donors (Lipinski definition) is 5. The zero-order chi connectivity index (χ0) is 18.7. The number of amides is 3. The van der Waals surface area contributed by atoms with E-state index in [-0.39, 0.29) is 30.6 Å². The van der Waals surface area contributed by atoms with Gasteiger partial charge in [-0.15, -0.1) is 0 Å². The summed E-state index contributed by atoms with van der Waals surface area (Å²) in [6.45, 7) is -0.0693. The number of urea groups is 1. The lowest BCUT2D eigenvalue weighted by Crippen LogP contribution is -2.41. The van der Waals surface area contributed by atoms with Gasteiger partial charge < -0.3 is 30.9 Å². The van der Waals surface area contributed by atoms with Crippen molar-refractivity contribution < 1.29 is 28.9 Å². The molecule has 8 nitrogen and oxygen atoms in total. The lowest BCUT2D eigenvalue weighted by molar-refractivity contribution is -0.125. The Morgan fingerprint density at radius 1 is 1.19 bits per heavy atom. The van der Waals surface area contributed by atoms with Gasteiger partial charge in [-0.05, 0) is 31.0 Å². The second-order valence-electron chi connectivity index (χ2n) is 6.59. The Morgan fingerprint density at radius 3 is 2.62 bits per heavy atom. The van der Waals surface area contributed by atoms with Gasteiger partial charge in [-0.2, -0.15) is 0 Å². The third kappa shape index (κ3) is 4.90. The number of carbonyl (C=O) groups is 2. The molecule has 1 heterocycles. The number of aliphatic hydroxyl groups excluding tert-OH is 2. The van der Waals surface area contributed by atoms with E-state index in [2.05, 4.69) is 16.0 Å². The van der Waals surface area contributed by atoms with E-state index in [9.17, 15) is 24.2 Å². The number of nitrogens with one attached hydrogen (secondary N) is 3. The van der Waals surface area contributed by atoms with E-state index in [1.807, 2.05) is 0 Å². The lowest BCUT2D eigenvalue weighted by Gasteiger charge is -2.15. The first-order chi connectivity index (χ1) is 12.4. The molecule has 3 rings (SSSR count). The Labute approximate surface area is 149 Å². The number of anilines is 1. The molecular formula is C17H22FN3O5. The Kier molecular flexibility index (Phi) is 5.70. The largest absolute Gasteiger partial charge is 0.388 e. The molecule has 4 atom stereocenters. The van der Waals surface area contributed by atoms with E-state index in [1.165, 1.54) is 24.3 Å². The maximum absolute atomic E-state index is 13.1. The van der Waals surface area contributed by atoms with Crippen LogP contribution in [0.3, 0.4) is 0 Å². The Morgan fingerprint density at radius 2 is 1.92 bits per heavy atom. The summed E-state index contributed by atoms with van der Waals surface area (Å²) in [5.74, 6) is -0.714. The van der Waals surface area contributed by atoms with Crippen LogP contribution in [0.1, 0.15) is 19.3 Å². The lowest BCUT2D eigenvalue weighted by atomic mass is 10.1. The van der Waals surface area contributed by atoms with Gasteiger partial charge in [-0.25, -0.2) is 9.18 Å². The van der Waals surface area contributed by atoms with Crippen molar-refractivity contribution in [2.45, 2.75) is 49.7 Å². The van der Waals surface area contributed by atoms with Crippen molar-refractivity contribution in [3.63, 3.8) is 0 Å². The van der Waals surface area contributed by atoms with Gasteiger partial charge in [0.25, 0.3) is 0 Å². The molecule has 0 radical (unpaired) electrons. The van der Waals surface area contributed by atoms with Crippen LogP contribution in [0.5, 0.6) is 0 Å². The van der Waals surface area contributed by atoms with Crippen molar-refractivity contribution in [2.24, 2.45) is 0 Å². The summed E-state index contributed by atoms with van der Waals surface area (Å²) in [5.41, 5.74) is 0.282. The summed E-state index contributed by atoms with van der Waals surface area (Å²) in [6.07, 6.45) is -2.25. The van der Waals surface area contributed by atoms with Crippen LogP contribution >= 0.6 is 0 Å². The van der Waals surface area contributed by atoms with Crippen LogP contribution in [-0.2, 0) is 9.53 Å². The number of aliphatic hydroxyl groups is 2. The second kappa shape index (κ2) is 7.98. The van der Waals surface area contributed by atoms with Crippen LogP contribution in [-0.4, -0.2) is 59.2 Å². The van der Waals surface area contributed by atoms with Gasteiger partial charge in [0.15, 0.2) is 0 Å². The Hall–Kier alpha value is -2.23. The summed E-state index contributed by atoms with van der Waals surface area (Å²) >= 11 is 0. The smallest absolute Gasteiger partial charge is 0.319 e. The van der Waals surface area contributed by atoms with Crippen LogP contribution in [0, 0.1) is 5.82 Å². The average molecular weight is 367 g/mol. The molecule has 2 fully saturated rings. The summed E-state index contributed by atoms with van der Waals surface area (Å²) in [7, 11) is 0. The third-order valence-electron chi connectivity index (χ3n) is 4.34. The van der Waals surface area contributed by atoms with Crippen molar-refractivity contribution in [1.29, 1.82) is 0 Å². The predicted molar refractivity (Wildman–Crippen MR) is 89.9 cm³/mol. The summed E-state index contributed by atoms with van der Waals surface area (Å²) in [6, 6.07) is 5.01. The average Bonchev–Trinajstić information content (AvgIpc) is 3.35. The molecule has 1 aromatic carbocycles. The fourth-order valence-corrected chi connectivity index (χ4v) is 2.79. The molecule has 9 heteroatoms. The molecule has 0 bridgehead atoms.